The molecule has 11 heteroatoms. The molecule has 3 aromatic rings. The molecule has 3 aromatic heterocycles. The Bertz CT molecular complexity index is 1050. The molecule has 0 aliphatic carbocycles. The smallest absolute Gasteiger partial charge is 0.209 e. The van der Waals surface area contributed by atoms with E-state index in [9.17, 15) is 8.42 Å². The average molecular weight is 406 g/mol. The molecule has 27 heavy (non-hydrogen) atoms. The van der Waals surface area contributed by atoms with Crippen LogP contribution in [0.5, 0.6) is 0 Å². The molecule has 0 saturated carbocycles. The lowest BCUT2D eigenvalue weighted by atomic mass is 10.2. The predicted octanol–water partition coefficient (Wildman–Crippen LogP) is 1.03. The van der Waals surface area contributed by atoms with Gasteiger partial charge < -0.3 is 9.64 Å². The van der Waals surface area contributed by atoms with Crippen molar-refractivity contribution in [3.8, 4) is 11.4 Å². The van der Waals surface area contributed by atoms with Crippen LogP contribution in [0, 0.1) is 0 Å². The standard InChI is InChI=1S/C16H18N6O3S2/c1-27(23,24)19-9-12-6-13-15(22-2-4-25-5-3-22)20-14(21-16(13)26-12)11-7-17-10-18-8-11/h6-8,10,19H,2-5,9H2,1H3. The Morgan fingerprint density at radius 3 is 2.67 bits per heavy atom. The Balaban J connectivity index is 1.79. The molecular weight excluding hydrogens is 388 g/mol. The highest BCUT2D eigenvalue weighted by atomic mass is 32.2. The minimum Gasteiger partial charge on any atom is -0.378 e. The van der Waals surface area contributed by atoms with E-state index in [1.54, 1.807) is 12.4 Å². The summed E-state index contributed by atoms with van der Waals surface area (Å²) >= 11 is 1.45. The maximum absolute atomic E-state index is 11.4. The van der Waals surface area contributed by atoms with Crippen LogP contribution in [-0.4, -0.2) is 60.9 Å². The average Bonchev–Trinajstić information content (AvgIpc) is 3.09. The summed E-state index contributed by atoms with van der Waals surface area (Å²) in [5.41, 5.74) is 0.734. The molecule has 1 N–H and O–H groups in total. The zero-order valence-electron chi connectivity index (χ0n) is 14.6. The number of hydrogen-bond donors (Lipinski definition) is 1. The first-order valence-electron chi connectivity index (χ1n) is 8.33. The van der Waals surface area contributed by atoms with Gasteiger partial charge in [0.15, 0.2) is 5.82 Å². The summed E-state index contributed by atoms with van der Waals surface area (Å²) in [6, 6.07) is 1.95. The summed E-state index contributed by atoms with van der Waals surface area (Å²) < 4.78 is 30.8. The monoisotopic (exact) mass is 406 g/mol. The van der Waals surface area contributed by atoms with Crippen LogP contribution in [0.15, 0.2) is 24.8 Å². The molecule has 0 radical (unpaired) electrons. The molecule has 0 bridgehead atoms. The van der Waals surface area contributed by atoms with E-state index in [1.165, 1.54) is 17.7 Å². The third-order valence-electron chi connectivity index (χ3n) is 4.06. The molecule has 9 nitrogen and oxygen atoms in total. The lowest BCUT2D eigenvalue weighted by Gasteiger charge is -2.28. The number of hydrogen-bond acceptors (Lipinski definition) is 9. The molecule has 1 saturated heterocycles. The van der Waals surface area contributed by atoms with Gasteiger partial charge in [-0.3, -0.25) is 0 Å². The Hall–Kier alpha value is -2.21. The van der Waals surface area contributed by atoms with Crippen LogP contribution in [-0.2, 0) is 21.3 Å². The molecule has 4 heterocycles. The van der Waals surface area contributed by atoms with Crippen molar-refractivity contribution < 1.29 is 13.2 Å². The van der Waals surface area contributed by atoms with Crippen LogP contribution in [0.25, 0.3) is 21.6 Å². The zero-order chi connectivity index (χ0) is 18.9. The van der Waals surface area contributed by atoms with E-state index in [-0.39, 0.29) is 6.54 Å². The van der Waals surface area contributed by atoms with Gasteiger partial charge in [0.05, 0.1) is 30.4 Å². The fourth-order valence-corrected chi connectivity index (χ4v) is 4.28. The van der Waals surface area contributed by atoms with E-state index in [1.807, 2.05) is 6.07 Å². The molecule has 1 aliphatic heterocycles. The quantitative estimate of drug-likeness (QED) is 0.669. The molecule has 1 fully saturated rings. The van der Waals surface area contributed by atoms with Crippen molar-refractivity contribution in [2.75, 3.05) is 37.5 Å². The number of nitrogens with one attached hydrogen (secondary N) is 1. The van der Waals surface area contributed by atoms with E-state index in [0.717, 1.165) is 45.8 Å². The van der Waals surface area contributed by atoms with E-state index < -0.39 is 10.0 Å². The fourth-order valence-electron chi connectivity index (χ4n) is 2.81. The van der Waals surface area contributed by atoms with Gasteiger partial charge in [0.25, 0.3) is 0 Å². The molecule has 0 amide bonds. The van der Waals surface area contributed by atoms with Gasteiger partial charge in [-0.15, -0.1) is 11.3 Å². The van der Waals surface area contributed by atoms with Crippen LogP contribution in [0.2, 0.25) is 0 Å². The summed E-state index contributed by atoms with van der Waals surface area (Å²) in [5, 5.41) is 0.910. The Morgan fingerprint density at radius 1 is 1.22 bits per heavy atom. The highest BCUT2D eigenvalue weighted by Crippen LogP contribution is 2.33. The van der Waals surface area contributed by atoms with Gasteiger partial charge in [-0.25, -0.2) is 33.1 Å². The van der Waals surface area contributed by atoms with Gasteiger partial charge in [0.1, 0.15) is 17.0 Å². The second-order valence-corrected chi connectivity index (χ2v) is 9.07. The van der Waals surface area contributed by atoms with Gasteiger partial charge >= 0.3 is 0 Å². The van der Waals surface area contributed by atoms with Crippen molar-refractivity contribution in [2.45, 2.75) is 6.54 Å². The highest BCUT2D eigenvalue weighted by molar-refractivity contribution is 7.88. The minimum atomic E-state index is -3.26. The topological polar surface area (TPSA) is 110 Å². The van der Waals surface area contributed by atoms with Crippen LogP contribution in [0.3, 0.4) is 0 Å². The lowest BCUT2D eigenvalue weighted by Crippen LogP contribution is -2.37. The summed E-state index contributed by atoms with van der Waals surface area (Å²) in [4.78, 5) is 21.4. The van der Waals surface area contributed by atoms with Gasteiger partial charge in [0.2, 0.25) is 10.0 Å². The minimum absolute atomic E-state index is 0.228. The molecular formula is C16H18N6O3S2. The largest absolute Gasteiger partial charge is 0.378 e. The number of ether oxygens (including phenoxy) is 1. The second-order valence-electron chi connectivity index (χ2n) is 6.12. The van der Waals surface area contributed by atoms with Crippen LogP contribution >= 0.6 is 11.3 Å². The highest BCUT2D eigenvalue weighted by Gasteiger charge is 2.20. The van der Waals surface area contributed by atoms with Crippen molar-refractivity contribution in [3.05, 3.63) is 29.7 Å². The van der Waals surface area contributed by atoms with Crippen molar-refractivity contribution >= 4 is 37.4 Å². The number of rotatable bonds is 5. The number of aromatic nitrogens is 4. The third kappa shape index (κ3) is 4.21. The maximum Gasteiger partial charge on any atom is 0.209 e. The SMILES string of the molecule is CS(=O)(=O)NCc1cc2c(N3CCOCC3)nc(-c3cncnc3)nc2s1. The van der Waals surface area contributed by atoms with E-state index >= 15 is 0 Å². The molecule has 1 aliphatic rings. The van der Waals surface area contributed by atoms with Crippen molar-refractivity contribution in [3.63, 3.8) is 0 Å². The molecule has 0 aromatic carbocycles. The number of thiophene rings is 1. The third-order valence-corrected chi connectivity index (χ3v) is 5.76. The number of morpholine rings is 1. The number of anilines is 1. The van der Waals surface area contributed by atoms with Crippen molar-refractivity contribution in [1.29, 1.82) is 0 Å². The maximum atomic E-state index is 11.4. The number of sulfonamides is 1. The van der Waals surface area contributed by atoms with E-state index in [2.05, 4.69) is 24.6 Å². The van der Waals surface area contributed by atoms with E-state index in [4.69, 9.17) is 9.72 Å². The zero-order valence-corrected chi connectivity index (χ0v) is 16.3. The Kier molecular flexibility index (Phi) is 5.00. The van der Waals surface area contributed by atoms with E-state index in [0.29, 0.717) is 19.0 Å². The Labute approximate surface area is 160 Å². The van der Waals surface area contributed by atoms with Crippen LogP contribution in [0.1, 0.15) is 4.88 Å². The summed E-state index contributed by atoms with van der Waals surface area (Å²) in [6.45, 7) is 2.99. The first kappa shape index (κ1) is 18.2. The van der Waals surface area contributed by atoms with Crippen molar-refractivity contribution in [1.82, 2.24) is 24.7 Å². The normalized spacial score (nSPS) is 15.4. The second kappa shape index (κ2) is 7.43. The van der Waals surface area contributed by atoms with Crippen LogP contribution in [0.4, 0.5) is 5.82 Å². The molecule has 142 valence electrons. The van der Waals surface area contributed by atoms with Gasteiger partial charge in [-0.05, 0) is 6.07 Å². The summed E-state index contributed by atoms with van der Waals surface area (Å²) in [7, 11) is -3.26. The number of nitrogens with zero attached hydrogens (tertiary/aromatic N) is 5. The molecule has 0 spiro atoms. The van der Waals surface area contributed by atoms with Gasteiger partial charge in [0, 0.05) is 36.9 Å². The lowest BCUT2D eigenvalue weighted by molar-refractivity contribution is 0.122. The molecule has 4 rings (SSSR count). The van der Waals surface area contributed by atoms with Gasteiger partial charge in [-0.2, -0.15) is 0 Å². The number of fused-ring (bicyclic) bond motifs is 1. The first-order chi connectivity index (χ1) is 13.0. The fraction of sp³-hybridized carbons (Fsp3) is 0.375. The summed E-state index contributed by atoms with van der Waals surface area (Å²) in [6.07, 6.45) is 5.96. The van der Waals surface area contributed by atoms with Crippen molar-refractivity contribution in [2.24, 2.45) is 0 Å². The predicted molar refractivity (Wildman–Crippen MR) is 103 cm³/mol. The van der Waals surface area contributed by atoms with Gasteiger partial charge in [-0.1, -0.05) is 0 Å². The molecule has 0 atom stereocenters. The summed E-state index contributed by atoms with van der Waals surface area (Å²) in [5.74, 6) is 1.37. The van der Waals surface area contributed by atoms with Crippen LogP contribution < -0.4 is 9.62 Å². The first-order valence-corrected chi connectivity index (χ1v) is 11.0. The molecule has 0 unspecified atom stereocenters. The Morgan fingerprint density at radius 2 is 1.96 bits per heavy atom.